The monoisotopic (exact) mass is 400 g/mol. The lowest BCUT2D eigenvalue weighted by Crippen LogP contribution is -2.13. The Kier molecular flexibility index (Phi) is 5.40. The average Bonchev–Trinajstić information content (AvgIpc) is 3.19. The van der Waals surface area contributed by atoms with Gasteiger partial charge in [0.2, 0.25) is 4.80 Å². The molecule has 0 amide bonds. The van der Waals surface area contributed by atoms with Crippen molar-refractivity contribution >= 4 is 23.2 Å². The third-order valence-corrected chi connectivity index (χ3v) is 5.06. The van der Waals surface area contributed by atoms with Crippen molar-refractivity contribution in [3.63, 3.8) is 0 Å². The fourth-order valence-electron chi connectivity index (χ4n) is 2.84. The lowest BCUT2D eigenvalue weighted by molar-refractivity contribution is -0.384. The van der Waals surface area contributed by atoms with E-state index in [4.69, 9.17) is 0 Å². The van der Waals surface area contributed by atoms with Gasteiger partial charge < -0.3 is 0 Å². The van der Waals surface area contributed by atoms with E-state index < -0.39 is 4.92 Å². The SMILES string of the molecule is O=[N+]([O-])c1ccc(/C=N/N=c2/scc(-c3ccccc3)n2-c2ccccc2)cc1. The molecular weight excluding hydrogens is 384 g/mol. The predicted octanol–water partition coefficient (Wildman–Crippen LogP) is 5.05. The standard InChI is InChI=1S/C22H16N4O2S/c27-26(28)20-13-11-17(12-14-20)15-23-24-22-25(19-9-5-2-6-10-19)21(16-29-22)18-7-3-1-4-8-18/h1-16H/b23-15+,24-22+. The van der Waals surface area contributed by atoms with Crippen molar-refractivity contribution in [1.29, 1.82) is 0 Å². The molecular formula is C22H16N4O2S. The van der Waals surface area contributed by atoms with E-state index in [-0.39, 0.29) is 5.69 Å². The van der Waals surface area contributed by atoms with Gasteiger partial charge in [-0.15, -0.1) is 16.4 Å². The number of rotatable bonds is 5. The topological polar surface area (TPSA) is 72.8 Å². The van der Waals surface area contributed by atoms with Crippen LogP contribution in [0.3, 0.4) is 0 Å². The first-order valence-electron chi connectivity index (χ1n) is 8.85. The van der Waals surface area contributed by atoms with Gasteiger partial charge in [0, 0.05) is 23.2 Å². The summed E-state index contributed by atoms with van der Waals surface area (Å²) in [6.07, 6.45) is 1.58. The summed E-state index contributed by atoms with van der Waals surface area (Å²) in [5.41, 5.74) is 3.91. The van der Waals surface area contributed by atoms with Crippen LogP contribution in [0.25, 0.3) is 16.9 Å². The van der Waals surface area contributed by atoms with Crippen molar-refractivity contribution in [1.82, 2.24) is 4.57 Å². The summed E-state index contributed by atoms with van der Waals surface area (Å²) in [5.74, 6) is 0. The largest absolute Gasteiger partial charge is 0.284 e. The highest BCUT2D eigenvalue weighted by Crippen LogP contribution is 2.23. The highest BCUT2D eigenvalue weighted by atomic mass is 32.1. The van der Waals surface area contributed by atoms with Crippen molar-refractivity contribution in [2.24, 2.45) is 10.2 Å². The Morgan fingerprint density at radius 3 is 2.21 bits per heavy atom. The zero-order chi connectivity index (χ0) is 20.1. The van der Waals surface area contributed by atoms with Crippen LogP contribution in [0.4, 0.5) is 5.69 Å². The second-order valence-corrected chi connectivity index (χ2v) is 6.97. The van der Waals surface area contributed by atoms with Gasteiger partial charge in [-0.05, 0) is 35.4 Å². The van der Waals surface area contributed by atoms with E-state index in [2.05, 4.69) is 32.3 Å². The van der Waals surface area contributed by atoms with E-state index in [1.807, 2.05) is 48.5 Å². The number of aromatic nitrogens is 1. The smallest absolute Gasteiger partial charge is 0.269 e. The van der Waals surface area contributed by atoms with Gasteiger partial charge in [-0.2, -0.15) is 5.10 Å². The Bertz CT molecular complexity index is 1210. The third-order valence-electron chi connectivity index (χ3n) is 4.25. The number of nitro groups is 1. The molecule has 0 fully saturated rings. The normalized spacial score (nSPS) is 11.8. The summed E-state index contributed by atoms with van der Waals surface area (Å²) in [5, 5.41) is 21.4. The van der Waals surface area contributed by atoms with Crippen LogP contribution in [0.5, 0.6) is 0 Å². The van der Waals surface area contributed by atoms with E-state index in [1.54, 1.807) is 18.3 Å². The molecule has 0 saturated carbocycles. The maximum absolute atomic E-state index is 10.8. The lowest BCUT2D eigenvalue weighted by Gasteiger charge is -2.08. The number of nitro benzene ring substituents is 1. The van der Waals surface area contributed by atoms with Gasteiger partial charge in [-0.1, -0.05) is 48.5 Å². The van der Waals surface area contributed by atoms with Crippen LogP contribution in [-0.2, 0) is 0 Å². The summed E-state index contributed by atoms with van der Waals surface area (Å²) < 4.78 is 2.06. The van der Waals surface area contributed by atoms with Gasteiger partial charge in [0.05, 0.1) is 16.8 Å². The van der Waals surface area contributed by atoms with Crippen LogP contribution in [0.15, 0.2) is 101 Å². The number of hydrogen-bond donors (Lipinski definition) is 0. The summed E-state index contributed by atoms with van der Waals surface area (Å²) in [6, 6.07) is 26.3. The van der Waals surface area contributed by atoms with Crippen LogP contribution in [0.1, 0.15) is 5.56 Å². The first-order chi connectivity index (χ1) is 14.2. The second-order valence-electron chi connectivity index (χ2n) is 6.13. The molecule has 7 heteroatoms. The minimum atomic E-state index is -0.426. The molecule has 0 unspecified atom stereocenters. The van der Waals surface area contributed by atoms with Gasteiger partial charge in [0.1, 0.15) is 0 Å². The second kappa shape index (κ2) is 8.45. The average molecular weight is 400 g/mol. The quantitative estimate of drug-likeness (QED) is 0.267. The lowest BCUT2D eigenvalue weighted by atomic mass is 10.1. The van der Waals surface area contributed by atoms with Gasteiger partial charge >= 0.3 is 0 Å². The predicted molar refractivity (Wildman–Crippen MR) is 115 cm³/mol. The Morgan fingerprint density at radius 2 is 1.55 bits per heavy atom. The molecule has 1 aromatic heterocycles. The number of benzene rings is 3. The minimum Gasteiger partial charge on any atom is -0.284 e. The summed E-state index contributed by atoms with van der Waals surface area (Å²) >= 11 is 1.50. The Hall–Kier alpha value is -3.84. The van der Waals surface area contributed by atoms with E-state index in [9.17, 15) is 10.1 Å². The molecule has 4 rings (SSSR count). The summed E-state index contributed by atoms with van der Waals surface area (Å²) in [7, 11) is 0. The number of para-hydroxylation sites is 1. The maximum Gasteiger partial charge on any atom is 0.269 e. The van der Waals surface area contributed by atoms with Crippen molar-refractivity contribution in [3.8, 4) is 16.9 Å². The molecule has 4 aromatic rings. The molecule has 0 spiro atoms. The molecule has 0 saturated heterocycles. The Balaban J connectivity index is 1.73. The minimum absolute atomic E-state index is 0.0479. The molecule has 0 bridgehead atoms. The van der Waals surface area contributed by atoms with Gasteiger partial charge in [0.25, 0.3) is 5.69 Å². The zero-order valence-corrected chi connectivity index (χ0v) is 16.1. The van der Waals surface area contributed by atoms with Crippen molar-refractivity contribution in [2.45, 2.75) is 0 Å². The number of hydrogen-bond acceptors (Lipinski definition) is 5. The van der Waals surface area contributed by atoms with Crippen LogP contribution < -0.4 is 4.80 Å². The summed E-state index contributed by atoms with van der Waals surface area (Å²) in [6.45, 7) is 0. The molecule has 6 nitrogen and oxygen atoms in total. The summed E-state index contributed by atoms with van der Waals surface area (Å²) in [4.78, 5) is 11.1. The number of thiazole rings is 1. The molecule has 1 heterocycles. The highest BCUT2D eigenvalue weighted by molar-refractivity contribution is 7.07. The fourth-order valence-corrected chi connectivity index (χ4v) is 3.71. The van der Waals surface area contributed by atoms with Crippen molar-refractivity contribution < 1.29 is 4.92 Å². The van der Waals surface area contributed by atoms with Crippen LogP contribution in [0.2, 0.25) is 0 Å². The van der Waals surface area contributed by atoms with Crippen molar-refractivity contribution in [3.05, 3.63) is 111 Å². The maximum atomic E-state index is 10.8. The zero-order valence-electron chi connectivity index (χ0n) is 15.3. The highest BCUT2D eigenvalue weighted by Gasteiger charge is 2.09. The van der Waals surface area contributed by atoms with Crippen LogP contribution >= 0.6 is 11.3 Å². The fraction of sp³-hybridized carbons (Fsp3) is 0. The molecule has 0 N–H and O–H groups in total. The number of nitrogens with zero attached hydrogens (tertiary/aromatic N) is 4. The first kappa shape index (κ1) is 18.5. The Labute approximate surface area is 170 Å². The third kappa shape index (κ3) is 4.20. The molecule has 142 valence electrons. The molecule has 29 heavy (non-hydrogen) atoms. The van der Waals surface area contributed by atoms with E-state index in [0.29, 0.717) is 0 Å². The Morgan fingerprint density at radius 1 is 0.897 bits per heavy atom. The van der Waals surface area contributed by atoms with E-state index >= 15 is 0 Å². The first-order valence-corrected chi connectivity index (χ1v) is 9.73. The molecule has 0 radical (unpaired) electrons. The molecule has 3 aromatic carbocycles. The molecule has 0 aliphatic heterocycles. The molecule has 0 atom stereocenters. The molecule has 0 aliphatic carbocycles. The van der Waals surface area contributed by atoms with Gasteiger partial charge in [-0.25, -0.2) is 0 Å². The van der Waals surface area contributed by atoms with E-state index in [0.717, 1.165) is 27.3 Å². The van der Waals surface area contributed by atoms with Gasteiger partial charge in [-0.3, -0.25) is 14.7 Å². The number of non-ortho nitro benzene ring substituents is 1. The van der Waals surface area contributed by atoms with Crippen LogP contribution in [0, 0.1) is 10.1 Å². The van der Waals surface area contributed by atoms with Gasteiger partial charge in [0.15, 0.2) is 0 Å². The van der Waals surface area contributed by atoms with E-state index in [1.165, 1.54) is 23.5 Å². The van der Waals surface area contributed by atoms with Crippen LogP contribution in [-0.4, -0.2) is 15.7 Å². The van der Waals surface area contributed by atoms with Crippen molar-refractivity contribution in [2.75, 3.05) is 0 Å². The molecule has 0 aliphatic rings.